The number of amides is 2. The van der Waals surface area contributed by atoms with Gasteiger partial charge in [0.1, 0.15) is 0 Å². The van der Waals surface area contributed by atoms with Crippen LogP contribution in [0.25, 0.3) is 0 Å². The number of rotatable bonds is 10. The van der Waals surface area contributed by atoms with Crippen LogP contribution in [0.5, 0.6) is 0 Å². The van der Waals surface area contributed by atoms with Gasteiger partial charge in [0.15, 0.2) is 11.0 Å². The number of benzene rings is 2. The van der Waals surface area contributed by atoms with Crippen LogP contribution in [-0.2, 0) is 22.6 Å². The maximum Gasteiger partial charge on any atom is 0.338 e. The fourth-order valence-electron chi connectivity index (χ4n) is 3.07. The first-order valence-corrected chi connectivity index (χ1v) is 11.9. The monoisotopic (exact) mass is 481 g/mol. The van der Waals surface area contributed by atoms with Gasteiger partial charge in [-0.3, -0.25) is 9.59 Å². The highest BCUT2D eigenvalue weighted by atomic mass is 32.2. The van der Waals surface area contributed by atoms with Crippen molar-refractivity contribution < 1.29 is 19.1 Å². The van der Waals surface area contributed by atoms with Gasteiger partial charge >= 0.3 is 5.97 Å². The predicted molar refractivity (Wildman–Crippen MR) is 130 cm³/mol. The van der Waals surface area contributed by atoms with E-state index in [1.165, 1.54) is 11.8 Å². The molecule has 0 radical (unpaired) electrons. The van der Waals surface area contributed by atoms with Crippen molar-refractivity contribution in [3.63, 3.8) is 0 Å². The molecule has 178 valence electrons. The van der Waals surface area contributed by atoms with Crippen molar-refractivity contribution in [2.75, 3.05) is 17.7 Å². The first-order chi connectivity index (χ1) is 16.4. The average molecular weight is 482 g/mol. The maximum atomic E-state index is 12.4. The molecule has 0 spiro atoms. The van der Waals surface area contributed by atoms with Crippen LogP contribution in [0.2, 0.25) is 0 Å². The maximum absolute atomic E-state index is 12.4. The van der Waals surface area contributed by atoms with Crippen LogP contribution in [0.1, 0.15) is 46.0 Å². The quantitative estimate of drug-likeness (QED) is 0.337. The van der Waals surface area contributed by atoms with Gasteiger partial charge in [-0.1, -0.05) is 29.5 Å². The summed E-state index contributed by atoms with van der Waals surface area (Å²) < 4.78 is 6.81. The molecule has 2 amide bonds. The second-order valence-electron chi connectivity index (χ2n) is 7.33. The number of nitrogens with zero attached hydrogens (tertiary/aromatic N) is 3. The molecule has 0 unspecified atom stereocenters. The van der Waals surface area contributed by atoms with E-state index in [4.69, 9.17) is 4.74 Å². The number of anilines is 1. The predicted octanol–water partition coefficient (Wildman–Crippen LogP) is 3.44. The molecule has 0 saturated carbocycles. The molecule has 1 heterocycles. The van der Waals surface area contributed by atoms with Gasteiger partial charge in [-0.25, -0.2) is 4.79 Å². The van der Waals surface area contributed by atoms with Crippen LogP contribution in [0, 0.1) is 6.92 Å². The van der Waals surface area contributed by atoms with Crippen LogP contribution in [0.3, 0.4) is 0 Å². The molecule has 9 nitrogen and oxygen atoms in total. The number of aryl methyl sites for hydroxylation is 1. The minimum Gasteiger partial charge on any atom is -0.462 e. The summed E-state index contributed by atoms with van der Waals surface area (Å²) >= 11 is 1.26. The smallest absolute Gasteiger partial charge is 0.338 e. The van der Waals surface area contributed by atoms with Gasteiger partial charge in [0, 0.05) is 17.8 Å². The lowest BCUT2D eigenvalue weighted by molar-refractivity contribution is -0.113. The van der Waals surface area contributed by atoms with E-state index in [1.54, 1.807) is 43.3 Å². The van der Waals surface area contributed by atoms with E-state index < -0.39 is 5.97 Å². The summed E-state index contributed by atoms with van der Waals surface area (Å²) in [7, 11) is 0. The van der Waals surface area contributed by atoms with Crippen molar-refractivity contribution in [3.8, 4) is 0 Å². The Morgan fingerprint density at radius 2 is 1.65 bits per heavy atom. The fourth-order valence-corrected chi connectivity index (χ4v) is 3.89. The number of hydrogen-bond acceptors (Lipinski definition) is 7. The summed E-state index contributed by atoms with van der Waals surface area (Å²) in [4.78, 5) is 36.5. The lowest BCUT2D eigenvalue weighted by atomic mass is 10.1. The SMILES string of the molecule is CCOC(=O)c1ccc(NC(=O)CSc2nnc(CNC(=O)c3ccc(C)cc3)n2CC)cc1. The van der Waals surface area contributed by atoms with E-state index in [9.17, 15) is 14.4 Å². The number of carbonyl (C=O) groups excluding carboxylic acids is 3. The number of hydrogen-bond donors (Lipinski definition) is 2. The average Bonchev–Trinajstić information content (AvgIpc) is 3.24. The van der Waals surface area contributed by atoms with Crippen molar-refractivity contribution in [1.29, 1.82) is 0 Å². The molecule has 2 aromatic carbocycles. The Kier molecular flexibility index (Phi) is 8.80. The number of thioether (sulfide) groups is 1. The third-order valence-electron chi connectivity index (χ3n) is 4.84. The second kappa shape index (κ2) is 12.0. The van der Waals surface area contributed by atoms with Crippen LogP contribution in [-0.4, -0.2) is 44.9 Å². The molecule has 0 saturated heterocycles. The normalized spacial score (nSPS) is 10.6. The lowest BCUT2D eigenvalue weighted by Gasteiger charge is -2.09. The second-order valence-corrected chi connectivity index (χ2v) is 8.27. The molecule has 0 aliphatic carbocycles. The molecule has 10 heteroatoms. The molecule has 2 N–H and O–H groups in total. The van der Waals surface area contributed by atoms with E-state index in [0.29, 0.717) is 40.9 Å². The van der Waals surface area contributed by atoms with Crippen molar-refractivity contribution in [2.24, 2.45) is 0 Å². The largest absolute Gasteiger partial charge is 0.462 e. The van der Waals surface area contributed by atoms with E-state index in [0.717, 1.165) is 5.56 Å². The van der Waals surface area contributed by atoms with Gasteiger partial charge in [-0.05, 0) is 57.2 Å². The van der Waals surface area contributed by atoms with Crippen LogP contribution in [0.15, 0.2) is 53.7 Å². The number of carbonyl (C=O) groups is 3. The van der Waals surface area contributed by atoms with E-state index in [2.05, 4.69) is 20.8 Å². The zero-order valence-corrected chi connectivity index (χ0v) is 20.1. The molecular weight excluding hydrogens is 454 g/mol. The Bertz CT molecular complexity index is 1140. The Labute approximate surface area is 202 Å². The van der Waals surface area contributed by atoms with E-state index in [-0.39, 0.29) is 24.1 Å². The summed E-state index contributed by atoms with van der Waals surface area (Å²) in [6, 6.07) is 13.8. The summed E-state index contributed by atoms with van der Waals surface area (Å²) in [6.07, 6.45) is 0. The van der Waals surface area contributed by atoms with Gasteiger partial charge in [-0.15, -0.1) is 10.2 Å². The van der Waals surface area contributed by atoms with Crippen LogP contribution >= 0.6 is 11.8 Å². The Balaban J connectivity index is 1.52. The Hall–Kier alpha value is -3.66. The third-order valence-corrected chi connectivity index (χ3v) is 5.81. The Morgan fingerprint density at radius 3 is 2.29 bits per heavy atom. The van der Waals surface area contributed by atoms with Gasteiger partial charge in [-0.2, -0.15) is 0 Å². The van der Waals surface area contributed by atoms with Crippen molar-refractivity contribution in [2.45, 2.75) is 39.0 Å². The van der Waals surface area contributed by atoms with Gasteiger partial charge in [0.25, 0.3) is 5.91 Å². The first-order valence-electron chi connectivity index (χ1n) is 10.9. The molecule has 3 rings (SSSR count). The molecule has 0 atom stereocenters. The zero-order chi connectivity index (χ0) is 24.5. The standard InChI is InChI=1S/C24H27N5O4S/c1-4-29-20(14-25-22(31)17-8-6-16(3)7-9-17)27-28-24(29)34-15-21(30)26-19-12-10-18(11-13-19)23(32)33-5-2/h6-13H,4-5,14-15H2,1-3H3,(H,25,31)(H,26,30). The summed E-state index contributed by atoms with van der Waals surface area (Å²) in [5.41, 5.74) is 2.67. The summed E-state index contributed by atoms with van der Waals surface area (Å²) in [5.74, 6) is -0.0592. The fraction of sp³-hybridized carbons (Fsp3) is 0.292. The highest BCUT2D eigenvalue weighted by Crippen LogP contribution is 2.18. The van der Waals surface area contributed by atoms with E-state index >= 15 is 0 Å². The van der Waals surface area contributed by atoms with Crippen molar-refractivity contribution in [1.82, 2.24) is 20.1 Å². The molecule has 0 bridgehead atoms. The molecule has 0 aliphatic heterocycles. The number of ether oxygens (including phenoxy) is 1. The van der Waals surface area contributed by atoms with Crippen molar-refractivity contribution >= 4 is 35.2 Å². The lowest BCUT2D eigenvalue weighted by Crippen LogP contribution is -2.24. The van der Waals surface area contributed by atoms with Gasteiger partial charge in [0.2, 0.25) is 5.91 Å². The molecular formula is C24H27N5O4S. The minimum absolute atomic E-state index is 0.132. The van der Waals surface area contributed by atoms with Crippen molar-refractivity contribution in [3.05, 3.63) is 71.0 Å². The first kappa shape index (κ1) is 25.0. The minimum atomic E-state index is -0.402. The summed E-state index contributed by atoms with van der Waals surface area (Å²) in [5, 5.41) is 14.6. The topological polar surface area (TPSA) is 115 Å². The Morgan fingerprint density at radius 1 is 0.971 bits per heavy atom. The number of nitrogens with one attached hydrogen (secondary N) is 2. The van der Waals surface area contributed by atoms with E-state index in [1.807, 2.05) is 30.5 Å². The van der Waals surface area contributed by atoms with Gasteiger partial charge < -0.3 is 19.9 Å². The number of aromatic nitrogens is 3. The highest BCUT2D eigenvalue weighted by molar-refractivity contribution is 7.99. The third kappa shape index (κ3) is 6.67. The summed E-state index contributed by atoms with van der Waals surface area (Å²) in [6.45, 7) is 6.79. The zero-order valence-electron chi connectivity index (χ0n) is 19.3. The van der Waals surface area contributed by atoms with Crippen LogP contribution in [0.4, 0.5) is 5.69 Å². The molecule has 34 heavy (non-hydrogen) atoms. The number of esters is 1. The molecule has 0 aliphatic rings. The molecule has 1 aromatic heterocycles. The highest BCUT2D eigenvalue weighted by Gasteiger charge is 2.15. The molecule has 3 aromatic rings. The molecule has 0 fully saturated rings. The van der Waals surface area contributed by atoms with Crippen LogP contribution < -0.4 is 10.6 Å². The van der Waals surface area contributed by atoms with Gasteiger partial charge in [0.05, 0.1) is 24.5 Å².